The van der Waals surface area contributed by atoms with Crippen LogP contribution in [-0.4, -0.2) is 47.8 Å². The van der Waals surface area contributed by atoms with Crippen molar-refractivity contribution in [2.75, 3.05) is 26.2 Å². The molecule has 4 heteroatoms. The first-order valence-electron chi connectivity index (χ1n) is 8.81. The van der Waals surface area contributed by atoms with Gasteiger partial charge in [-0.25, -0.2) is 0 Å². The molecule has 2 fully saturated rings. The van der Waals surface area contributed by atoms with E-state index < -0.39 is 0 Å². The molecule has 3 rings (SSSR count). The van der Waals surface area contributed by atoms with E-state index in [-0.39, 0.29) is 11.8 Å². The smallest absolute Gasteiger partial charge is 0.312 e. The highest BCUT2D eigenvalue weighted by Crippen LogP contribution is 2.32. The Balaban J connectivity index is 1.63. The van der Waals surface area contributed by atoms with Crippen molar-refractivity contribution in [1.29, 1.82) is 0 Å². The third kappa shape index (κ3) is 3.21. The maximum Gasteiger partial charge on any atom is 0.312 e. The molecule has 3 unspecified atom stereocenters. The van der Waals surface area contributed by atoms with Crippen LogP contribution in [0.5, 0.6) is 0 Å². The van der Waals surface area contributed by atoms with E-state index in [0.717, 1.165) is 38.9 Å². The third-order valence-electron chi connectivity index (χ3n) is 5.43. The Morgan fingerprint density at radius 1 is 1.05 bits per heavy atom. The zero-order valence-electron chi connectivity index (χ0n) is 13.9. The van der Waals surface area contributed by atoms with Crippen molar-refractivity contribution in [3.05, 3.63) is 11.6 Å². The summed E-state index contributed by atoms with van der Waals surface area (Å²) in [6.07, 6.45) is 8.12. The molecule has 0 saturated carbocycles. The maximum absolute atomic E-state index is 12.6. The van der Waals surface area contributed by atoms with Gasteiger partial charge < -0.3 is 9.80 Å². The Bertz CT molecular complexity index is 475. The molecule has 122 valence electrons. The van der Waals surface area contributed by atoms with Gasteiger partial charge in [-0.2, -0.15) is 0 Å². The second-order valence-corrected chi connectivity index (χ2v) is 7.58. The Morgan fingerprint density at radius 2 is 1.73 bits per heavy atom. The SMILES string of the molecule is CC1CC(C)CN(C(=O)C(=O)N2CCC3CCCC=C3C2)C1. The van der Waals surface area contributed by atoms with Gasteiger partial charge in [0.25, 0.3) is 0 Å². The van der Waals surface area contributed by atoms with E-state index in [1.807, 2.05) is 0 Å². The quantitative estimate of drug-likeness (QED) is 0.509. The zero-order chi connectivity index (χ0) is 15.7. The lowest BCUT2D eigenvalue weighted by molar-refractivity contribution is -0.153. The number of amides is 2. The van der Waals surface area contributed by atoms with Crippen molar-refractivity contribution < 1.29 is 9.59 Å². The largest absolute Gasteiger partial charge is 0.334 e. The van der Waals surface area contributed by atoms with Crippen LogP contribution in [-0.2, 0) is 9.59 Å². The summed E-state index contributed by atoms with van der Waals surface area (Å²) < 4.78 is 0. The molecule has 0 bridgehead atoms. The summed E-state index contributed by atoms with van der Waals surface area (Å²) in [5, 5.41) is 0. The molecule has 22 heavy (non-hydrogen) atoms. The molecule has 0 N–H and O–H groups in total. The monoisotopic (exact) mass is 304 g/mol. The van der Waals surface area contributed by atoms with E-state index in [9.17, 15) is 9.59 Å². The van der Waals surface area contributed by atoms with Gasteiger partial charge in [0, 0.05) is 26.2 Å². The fraction of sp³-hybridized carbons (Fsp3) is 0.778. The topological polar surface area (TPSA) is 40.6 Å². The van der Waals surface area contributed by atoms with Crippen LogP contribution in [0.1, 0.15) is 46.0 Å². The standard InChI is InChI=1S/C18H28N2O2/c1-13-9-14(2)11-20(10-13)18(22)17(21)19-8-7-15-5-3-4-6-16(15)12-19/h6,13-15H,3-5,7-12H2,1-2H3. The van der Waals surface area contributed by atoms with Crippen molar-refractivity contribution in [2.45, 2.75) is 46.0 Å². The number of carbonyl (C=O) groups is 2. The van der Waals surface area contributed by atoms with Crippen molar-refractivity contribution in [3.8, 4) is 0 Å². The average molecular weight is 304 g/mol. The van der Waals surface area contributed by atoms with Crippen LogP contribution in [0.15, 0.2) is 11.6 Å². The molecule has 0 aromatic carbocycles. The molecule has 2 aliphatic heterocycles. The molecule has 1 aliphatic carbocycles. The number of fused-ring (bicyclic) bond motifs is 1. The van der Waals surface area contributed by atoms with Crippen LogP contribution < -0.4 is 0 Å². The third-order valence-corrected chi connectivity index (χ3v) is 5.43. The van der Waals surface area contributed by atoms with Crippen molar-refractivity contribution in [1.82, 2.24) is 9.80 Å². The lowest BCUT2D eigenvalue weighted by Gasteiger charge is -2.38. The minimum absolute atomic E-state index is 0.284. The molecule has 0 radical (unpaired) electrons. The molecule has 4 nitrogen and oxygen atoms in total. The minimum atomic E-state index is -0.286. The Kier molecular flexibility index (Phi) is 4.55. The van der Waals surface area contributed by atoms with E-state index >= 15 is 0 Å². The zero-order valence-corrected chi connectivity index (χ0v) is 13.9. The molecule has 2 saturated heterocycles. The number of likely N-dealkylation sites (tertiary alicyclic amines) is 2. The first-order valence-corrected chi connectivity index (χ1v) is 8.81. The summed E-state index contributed by atoms with van der Waals surface area (Å²) in [6.45, 7) is 7.21. The lowest BCUT2D eigenvalue weighted by Crippen LogP contribution is -2.52. The van der Waals surface area contributed by atoms with E-state index in [1.54, 1.807) is 9.80 Å². The van der Waals surface area contributed by atoms with Gasteiger partial charge in [-0.05, 0) is 49.9 Å². The number of hydrogen-bond donors (Lipinski definition) is 0. The maximum atomic E-state index is 12.6. The minimum Gasteiger partial charge on any atom is -0.334 e. The highest BCUT2D eigenvalue weighted by molar-refractivity contribution is 6.35. The number of carbonyl (C=O) groups excluding carboxylic acids is 2. The summed E-state index contributed by atoms with van der Waals surface area (Å²) >= 11 is 0. The van der Waals surface area contributed by atoms with E-state index in [0.29, 0.717) is 24.3 Å². The molecule has 0 aromatic heterocycles. The summed E-state index contributed by atoms with van der Waals surface area (Å²) in [7, 11) is 0. The molecular weight excluding hydrogens is 276 g/mol. The normalized spacial score (nSPS) is 32.3. The second kappa shape index (κ2) is 6.43. The predicted octanol–water partition coefficient (Wildman–Crippen LogP) is 2.45. The van der Waals surface area contributed by atoms with E-state index in [2.05, 4.69) is 19.9 Å². The summed E-state index contributed by atoms with van der Waals surface area (Å²) in [4.78, 5) is 28.7. The van der Waals surface area contributed by atoms with E-state index in [4.69, 9.17) is 0 Å². The number of piperidine rings is 2. The molecule has 3 atom stereocenters. The molecule has 2 heterocycles. The van der Waals surface area contributed by atoms with Crippen LogP contribution in [0.25, 0.3) is 0 Å². The Hall–Kier alpha value is -1.32. The highest BCUT2D eigenvalue weighted by Gasteiger charge is 2.35. The second-order valence-electron chi connectivity index (χ2n) is 7.58. The van der Waals surface area contributed by atoms with Crippen LogP contribution in [0.4, 0.5) is 0 Å². The lowest BCUT2D eigenvalue weighted by atomic mass is 9.82. The highest BCUT2D eigenvalue weighted by atomic mass is 16.2. The predicted molar refractivity (Wildman–Crippen MR) is 86.1 cm³/mol. The summed E-state index contributed by atoms with van der Waals surface area (Å²) in [6, 6.07) is 0. The molecule has 0 spiro atoms. The van der Waals surface area contributed by atoms with Crippen LogP contribution in [0.2, 0.25) is 0 Å². The van der Waals surface area contributed by atoms with Gasteiger partial charge in [0.15, 0.2) is 0 Å². The summed E-state index contributed by atoms with van der Waals surface area (Å²) in [5.74, 6) is 1.07. The van der Waals surface area contributed by atoms with Gasteiger partial charge in [-0.1, -0.05) is 25.5 Å². The fourth-order valence-corrected chi connectivity index (χ4v) is 4.41. The van der Waals surface area contributed by atoms with Gasteiger partial charge in [0.2, 0.25) is 0 Å². The number of allylic oxidation sites excluding steroid dienone is 1. The van der Waals surface area contributed by atoms with Crippen LogP contribution in [0.3, 0.4) is 0 Å². The molecule has 3 aliphatic rings. The van der Waals surface area contributed by atoms with Crippen molar-refractivity contribution in [2.24, 2.45) is 17.8 Å². The van der Waals surface area contributed by atoms with Gasteiger partial charge >= 0.3 is 11.8 Å². The Labute approximate surface area is 133 Å². The van der Waals surface area contributed by atoms with Crippen LogP contribution in [0, 0.1) is 17.8 Å². The number of hydrogen-bond acceptors (Lipinski definition) is 2. The number of rotatable bonds is 0. The van der Waals surface area contributed by atoms with Crippen molar-refractivity contribution >= 4 is 11.8 Å². The fourth-order valence-electron chi connectivity index (χ4n) is 4.41. The number of nitrogens with zero attached hydrogens (tertiary/aromatic N) is 2. The molecular formula is C18H28N2O2. The first-order chi connectivity index (χ1) is 10.5. The average Bonchev–Trinajstić information content (AvgIpc) is 2.52. The van der Waals surface area contributed by atoms with E-state index in [1.165, 1.54) is 18.4 Å². The van der Waals surface area contributed by atoms with Gasteiger partial charge in [0.1, 0.15) is 0 Å². The summed E-state index contributed by atoms with van der Waals surface area (Å²) in [5.41, 5.74) is 1.39. The first kappa shape index (κ1) is 15.6. The van der Waals surface area contributed by atoms with Gasteiger partial charge in [-0.3, -0.25) is 9.59 Å². The Morgan fingerprint density at radius 3 is 2.45 bits per heavy atom. The molecule has 0 aromatic rings. The molecule has 2 amide bonds. The van der Waals surface area contributed by atoms with Crippen molar-refractivity contribution in [3.63, 3.8) is 0 Å². The van der Waals surface area contributed by atoms with Crippen LogP contribution >= 0.6 is 0 Å². The van der Waals surface area contributed by atoms with Gasteiger partial charge in [-0.15, -0.1) is 0 Å². The van der Waals surface area contributed by atoms with Gasteiger partial charge in [0.05, 0.1) is 0 Å².